The maximum atomic E-state index is 11.9. The second-order valence-electron chi connectivity index (χ2n) is 4.40. The first-order valence-electron chi connectivity index (χ1n) is 6.74. The van der Waals surface area contributed by atoms with Gasteiger partial charge in [-0.05, 0) is 19.1 Å². The van der Waals surface area contributed by atoms with Crippen molar-refractivity contribution in [2.75, 3.05) is 5.75 Å². The first kappa shape index (κ1) is 14.5. The first-order valence-corrected chi connectivity index (χ1v) is 7.72. The summed E-state index contributed by atoms with van der Waals surface area (Å²) in [5, 5.41) is 11.5. The number of furan rings is 1. The molecule has 0 radical (unpaired) electrons. The van der Waals surface area contributed by atoms with E-state index in [4.69, 9.17) is 4.42 Å². The highest BCUT2D eigenvalue weighted by atomic mass is 32.2. The Morgan fingerprint density at radius 1 is 1.45 bits per heavy atom. The van der Waals surface area contributed by atoms with Crippen molar-refractivity contribution in [3.63, 3.8) is 0 Å². The van der Waals surface area contributed by atoms with Gasteiger partial charge in [0.2, 0.25) is 5.91 Å². The van der Waals surface area contributed by atoms with E-state index in [-0.39, 0.29) is 11.7 Å². The van der Waals surface area contributed by atoms with Crippen LogP contribution in [0.2, 0.25) is 0 Å². The van der Waals surface area contributed by atoms with Crippen LogP contribution in [0.1, 0.15) is 12.7 Å². The fourth-order valence-corrected chi connectivity index (χ4v) is 2.63. The average Bonchev–Trinajstić information content (AvgIpc) is 3.19. The minimum atomic E-state index is -0.101. The lowest BCUT2D eigenvalue weighted by Gasteiger charge is -2.03. The van der Waals surface area contributed by atoms with E-state index in [1.165, 1.54) is 18.1 Å². The van der Waals surface area contributed by atoms with Crippen LogP contribution in [0, 0.1) is 0 Å². The van der Waals surface area contributed by atoms with Crippen LogP contribution in [-0.4, -0.2) is 36.6 Å². The number of fused-ring (bicyclic) bond motifs is 1. The predicted molar refractivity (Wildman–Crippen MR) is 80.1 cm³/mol. The maximum Gasteiger partial charge on any atom is 0.230 e. The second-order valence-corrected chi connectivity index (χ2v) is 5.37. The van der Waals surface area contributed by atoms with E-state index in [0.29, 0.717) is 35.0 Å². The maximum absolute atomic E-state index is 11.9. The largest absolute Gasteiger partial charge is 0.467 e. The van der Waals surface area contributed by atoms with Gasteiger partial charge in [0.1, 0.15) is 17.1 Å². The Kier molecular flexibility index (Phi) is 4.33. The molecule has 3 rings (SSSR count). The highest BCUT2D eigenvalue weighted by Crippen LogP contribution is 2.22. The molecule has 0 atom stereocenters. The number of aromatic nitrogens is 5. The molecule has 0 aliphatic rings. The van der Waals surface area contributed by atoms with Crippen LogP contribution in [0.15, 0.2) is 34.2 Å². The van der Waals surface area contributed by atoms with Crippen molar-refractivity contribution in [1.82, 2.24) is 30.3 Å². The Hall–Kier alpha value is -2.42. The van der Waals surface area contributed by atoms with Gasteiger partial charge in [0.25, 0.3) is 0 Å². The van der Waals surface area contributed by atoms with Gasteiger partial charge < -0.3 is 9.73 Å². The Bertz CT molecular complexity index is 770. The smallest absolute Gasteiger partial charge is 0.230 e. The van der Waals surface area contributed by atoms with Crippen LogP contribution in [0.25, 0.3) is 11.2 Å². The summed E-state index contributed by atoms with van der Waals surface area (Å²) in [4.78, 5) is 20.2. The minimum absolute atomic E-state index is 0.101. The highest BCUT2D eigenvalue weighted by Gasteiger charge is 2.13. The second kappa shape index (κ2) is 6.56. The molecule has 114 valence electrons. The monoisotopic (exact) mass is 318 g/mol. The summed E-state index contributed by atoms with van der Waals surface area (Å²) in [6, 6.07) is 3.59. The lowest BCUT2D eigenvalue weighted by atomic mass is 10.4. The van der Waals surface area contributed by atoms with Crippen molar-refractivity contribution >= 4 is 28.8 Å². The molecule has 3 aromatic heterocycles. The normalized spacial score (nSPS) is 11.0. The molecule has 0 aromatic carbocycles. The Morgan fingerprint density at radius 3 is 3.14 bits per heavy atom. The molecule has 0 spiro atoms. The van der Waals surface area contributed by atoms with Gasteiger partial charge in [-0.1, -0.05) is 17.0 Å². The summed E-state index contributed by atoms with van der Waals surface area (Å²) in [5.41, 5.74) is 1.30. The molecule has 1 N–H and O–H groups in total. The third-order valence-electron chi connectivity index (χ3n) is 2.95. The Balaban J connectivity index is 1.61. The number of carbonyl (C=O) groups excluding carboxylic acids is 1. The molecule has 0 saturated carbocycles. The molecule has 0 bridgehead atoms. The summed E-state index contributed by atoms with van der Waals surface area (Å²) >= 11 is 1.31. The first-order chi connectivity index (χ1) is 10.8. The number of amides is 1. The highest BCUT2D eigenvalue weighted by molar-refractivity contribution is 8.00. The molecule has 0 saturated heterocycles. The van der Waals surface area contributed by atoms with E-state index >= 15 is 0 Å². The number of rotatable bonds is 6. The third-order valence-corrected chi connectivity index (χ3v) is 3.92. The molecule has 0 fully saturated rings. The van der Waals surface area contributed by atoms with Crippen LogP contribution in [0.5, 0.6) is 0 Å². The molecule has 0 aliphatic carbocycles. The van der Waals surface area contributed by atoms with Crippen LogP contribution >= 0.6 is 11.8 Å². The van der Waals surface area contributed by atoms with Crippen molar-refractivity contribution < 1.29 is 9.21 Å². The quantitative estimate of drug-likeness (QED) is 0.539. The van der Waals surface area contributed by atoms with Crippen molar-refractivity contribution in [2.24, 2.45) is 0 Å². The minimum Gasteiger partial charge on any atom is -0.467 e. The van der Waals surface area contributed by atoms with E-state index in [9.17, 15) is 4.79 Å². The van der Waals surface area contributed by atoms with Gasteiger partial charge in [-0.2, -0.15) is 0 Å². The van der Waals surface area contributed by atoms with Crippen LogP contribution in [-0.2, 0) is 17.9 Å². The van der Waals surface area contributed by atoms with Gasteiger partial charge in [-0.15, -0.1) is 5.10 Å². The number of nitrogens with zero attached hydrogens (tertiary/aromatic N) is 5. The Labute approximate surface area is 130 Å². The molecule has 3 aromatic rings. The van der Waals surface area contributed by atoms with Crippen LogP contribution in [0.3, 0.4) is 0 Å². The number of thioether (sulfide) groups is 1. The summed E-state index contributed by atoms with van der Waals surface area (Å²) in [5.74, 6) is 0.857. The summed E-state index contributed by atoms with van der Waals surface area (Å²) in [7, 11) is 0. The number of nitrogens with one attached hydrogen (secondary N) is 1. The molecule has 9 heteroatoms. The van der Waals surface area contributed by atoms with Gasteiger partial charge in [0.05, 0.1) is 18.6 Å². The zero-order chi connectivity index (χ0) is 15.4. The molecule has 22 heavy (non-hydrogen) atoms. The standard InChI is InChI=1S/C13H14N6O2S/c1-2-19-12-11(17-18-19)13(16-8-15-12)22-7-10(20)14-6-9-4-3-5-21-9/h3-5,8H,2,6-7H2,1H3,(H,14,20). The van der Waals surface area contributed by atoms with Gasteiger partial charge in [-0.3, -0.25) is 4.79 Å². The Morgan fingerprint density at radius 2 is 2.36 bits per heavy atom. The van der Waals surface area contributed by atoms with Crippen LogP contribution in [0.4, 0.5) is 0 Å². The summed E-state index contributed by atoms with van der Waals surface area (Å²) < 4.78 is 6.85. The number of carbonyl (C=O) groups is 1. The van der Waals surface area contributed by atoms with Crippen molar-refractivity contribution in [2.45, 2.75) is 25.0 Å². The van der Waals surface area contributed by atoms with E-state index in [2.05, 4.69) is 25.6 Å². The van der Waals surface area contributed by atoms with E-state index in [1.54, 1.807) is 17.0 Å². The van der Waals surface area contributed by atoms with Gasteiger partial charge in [-0.25, -0.2) is 14.6 Å². The average molecular weight is 318 g/mol. The molecule has 0 aliphatic heterocycles. The molecule has 3 heterocycles. The van der Waals surface area contributed by atoms with Gasteiger partial charge >= 0.3 is 0 Å². The number of aryl methyl sites for hydroxylation is 1. The number of hydrogen-bond acceptors (Lipinski definition) is 7. The zero-order valence-electron chi connectivity index (χ0n) is 11.9. The SMILES string of the molecule is CCn1nnc2c(SCC(=O)NCc3ccco3)ncnc21. The molecule has 8 nitrogen and oxygen atoms in total. The van der Waals surface area contributed by atoms with Gasteiger partial charge in [0, 0.05) is 6.54 Å². The molecule has 0 unspecified atom stereocenters. The van der Waals surface area contributed by atoms with Crippen LogP contribution < -0.4 is 5.32 Å². The zero-order valence-corrected chi connectivity index (χ0v) is 12.7. The van der Waals surface area contributed by atoms with Crippen molar-refractivity contribution in [3.05, 3.63) is 30.5 Å². The number of hydrogen-bond donors (Lipinski definition) is 1. The predicted octanol–water partition coefficient (Wildman–Crippen LogP) is 1.24. The summed E-state index contributed by atoms with van der Waals surface area (Å²) in [6.07, 6.45) is 3.03. The van der Waals surface area contributed by atoms with Crippen molar-refractivity contribution in [3.8, 4) is 0 Å². The molecular formula is C13H14N6O2S. The van der Waals surface area contributed by atoms with E-state index < -0.39 is 0 Å². The fourth-order valence-electron chi connectivity index (χ4n) is 1.87. The molecule has 1 amide bonds. The van der Waals surface area contributed by atoms with Gasteiger partial charge in [0.15, 0.2) is 11.2 Å². The fraction of sp³-hybridized carbons (Fsp3) is 0.308. The van der Waals surface area contributed by atoms with Crippen molar-refractivity contribution in [1.29, 1.82) is 0 Å². The lowest BCUT2D eigenvalue weighted by Crippen LogP contribution is -2.24. The lowest BCUT2D eigenvalue weighted by molar-refractivity contribution is -0.118. The third kappa shape index (κ3) is 3.08. The topological polar surface area (TPSA) is 98.7 Å². The molecular weight excluding hydrogens is 304 g/mol. The van der Waals surface area contributed by atoms with E-state index in [0.717, 1.165) is 0 Å². The summed E-state index contributed by atoms with van der Waals surface area (Å²) in [6.45, 7) is 3.02. The van der Waals surface area contributed by atoms with E-state index in [1.807, 2.05) is 13.0 Å².